The van der Waals surface area contributed by atoms with E-state index in [-0.39, 0.29) is 23.3 Å². The quantitative estimate of drug-likeness (QED) is 0.128. The maximum atomic E-state index is 13.3. The smallest absolute Gasteiger partial charge is 0.272 e. The Hall–Kier alpha value is -5.14. The molecule has 42 heavy (non-hydrogen) atoms. The van der Waals surface area contributed by atoms with Crippen molar-refractivity contribution >= 4 is 57.7 Å². The van der Waals surface area contributed by atoms with Crippen molar-refractivity contribution in [2.75, 3.05) is 16.4 Å². The lowest BCUT2D eigenvalue weighted by atomic mass is 10.1. The van der Waals surface area contributed by atoms with Crippen LogP contribution in [0.15, 0.2) is 132 Å². The van der Waals surface area contributed by atoms with Crippen LogP contribution in [-0.4, -0.2) is 23.5 Å². The topological polar surface area (TPSA) is 87.3 Å². The van der Waals surface area contributed by atoms with Gasteiger partial charge in [-0.2, -0.15) is 0 Å². The van der Waals surface area contributed by atoms with Crippen LogP contribution >= 0.6 is 11.8 Å². The average Bonchev–Trinajstić information content (AvgIpc) is 3.02. The van der Waals surface area contributed by atoms with Gasteiger partial charge < -0.3 is 16.0 Å². The molecule has 5 aromatic carbocycles. The second-order valence-corrected chi connectivity index (χ2v) is 10.6. The zero-order valence-electron chi connectivity index (χ0n) is 23.0. The van der Waals surface area contributed by atoms with Crippen LogP contribution in [-0.2, 0) is 9.59 Å². The highest BCUT2D eigenvalue weighted by molar-refractivity contribution is 8.00. The molecular formula is C35H29N3O3S. The number of benzene rings is 5. The van der Waals surface area contributed by atoms with Gasteiger partial charge in [0.25, 0.3) is 11.8 Å². The number of thioether (sulfide) groups is 1. The molecule has 5 rings (SSSR count). The summed E-state index contributed by atoms with van der Waals surface area (Å²) in [6.07, 6.45) is 1.67. The fraction of sp³-hybridized carbons (Fsp3) is 0.0571. The van der Waals surface area contributed by atoms with Crippen molar-refractivity contribution in [3.63, 3.8) is 0 Å². The molecule has 0 aliphatic rings. The second kappa shape index (κ2) is 13.5. The van der Waals surface area contributed by atoms with Gasteiger partial charge >= 0.3 is 0 Å². The summed E-state index contributed by atoms with van der Waals surface area (Å²) in [4.78, 5) is 39.7. The van der Waals surface area contributed by atoms with E-state index in [9.17, 15) is 14.4 Å². The highest BCUT2D eigenvalue weighted by Crippen LogP contribution is 2.25. The second-order valence-electron chi connectivity index (χ2n) is 9.58. The van der Waals surface area contributed by atoms with E-state index in [0.29, 0.717) is 11.3 Å². The van der Waals surface area contributed by atoms with Gasteiger partial charge in [0.2, 0.25) is 5.91 Å². The monoisotopic (exact) mass is 571 g/mol. The molecule has 0 radical (unpaired) electrons. The van der Waals surface area contributed by atoms with Gasteiger partial charge in [0.05, 0.1) is 5.75 Å². The van der Waals surface area contributed by atoms with Crippen LogP contribution in [0.25, 0.3) is 16.8 Å². The summed E-state index contributed by atoms with van der Waals surface area (Å²) >= 11 is 1.40. The first-order valence-corrected chi connectivity index (χ1v) is 14.4. The number of carbonyl (C=O) groups excluding carboxylic acids is 3. The van der Waals surface area contributed by atoms with Crippen LogP contribution in [0, 0.1) is 6.92 Å². The molecule has 0 atom stereocenters. The molecule has 0 aliphatic carbocycles. The summed E-state index contributed by atoms with van der Waals surface area (Å²) in [6.45, 7) is 1.94. The Morgan fingerprint density at radius 1 is 0.714 bits per heavy atom. The maximum absolute atomic E-state index is 13.3. The molecule has 0 heterocycles. The largest absolute Gasteiger partial charge is 0.325 e. The van der Waals surface area contributed by atoms with Crippen molar-refractivity contribution in [3.05, 3.63) is 144 Å². The summed E-state index contributed by atoms with van der Waals surface area (Å²) in [6, 6.07) is 37.4. The third kappa shape index (κ3) is 7.33. The Kier molecular flexibility index (Phi) is 9.11. The van der Waals surface area contributed by atoms with E-state index >= 15 is 0 Å². The molecule has 5 aromatic rings. The summed E-state index contributed by atoms with van der Waals surface area (Å²) < 4.78 is 0. The van der Waals surface area contributed by atoms with Gasteiger partial charge in [0.1, 0.15) is 5.70 Å². The van der Waals surface area contributed by atoms with Crippen molar-refractivity contribution in [1.82, 2.24) is 5.32 Å². The molecule has 0 saturated heterocycles. The maximum Gasteiger partial charge on any atom is 0.272 e. The predicted octanol–water partition coefficient (Wildman–Crippen LogP) is 7.29. The number of anilines is 2. The van der Waals surface area contributed by atoms with E-state index in [2.05, 4.69) is 16.0 Å². The van der Waals surface area contributed by atoms with Gasteiger partial charge in [0.15, 0.2) is 0 Å². The molecular weight excluding hydrogens is 542 g/mol. The summed E-state index contributed by atoms with van der Waals surface area (Å²) in [5, 5.41) is 10.7. The fourth-order valence-corrected chi connectivity index (χ4v) is 5.05. The van der Waals surface area contributed by atoms with Gasteiger partial charge in [-0.25, -0.2) is 0 Å². The summed E-state index contributed by atoms with van der Waals surface area (Å²) in [5.41, 5.74) is 3.72. The molecule has 7 heteroatoms. The lowest BCUT2D eigenvalue weighted by Crippen LogP contribution is -2.30. The molecule has 0 fully saturated rings. The Labute approximate surface area is 248 Å². The van der Waals surface area contributed by atoms with E-state index in [1.807, 2.05) is 91.9 Å². The summed E-state index contributed by atoms with van der Waals surface area (Å²) in [7, 11) is 0. The van der Waals surface area contributed by atoms with E-state index in [1.54, 1.807) is 42.5 Å². The number of aryl methyl sites for hydroxylation is 1. The first-order valence-electron chi connectivity index (χ1n) is 13.4. The van der Waals surface area contributed by atoms with Crippen molar-refractivity contribution in [2.45, 2.75) is 11.8 Å². The Balaban J connectivity index is 1.23. The zero-order chi connectivity index (χ0) is 29.3. The summed E-state index contributed by atoms with van der Waals surface area (Å²) in [5.74, 6) is -0.686. The predicted molar refractivity (Wildman–Crippen MR) is 171 cm³/mol. The molecule has 0 aromatic heterocycles. The van der Waals surface area contributed by atoms with Crippen LogP contribution < -0.4 is 16.0 Å². The number of nitrogens with one attached hydrogen (secondary N) is 3. The van der Waals surface area contributed by atoms with Gasteiger partial charge in [-0.3, -0.25) is 14.4 Å². The molecule has 208 valence electrons. The minimum absolute atomic E-state index is 0.103. The van der Waals surface area contributed by atoms with Crippen LogP contribution in [0.4, 0.5) is 11.4 Å². The van der Waals surface area contributed by atoms with Crippen LogP contribution in [0.5, 0.6) is 0 Å². The average molecular weight is 572 g/mol. The number of amides is 3. The number of carbonyl (C=O) groups is 3. The fourth-order valence-electron chi connectivity index (χ4n) is 4.35. The minimum atomic E-state index is -0.447. The number of hydrogen-bond donors (Lipinski definition) is 3. The van der Waals surface area contributed by atoms with Gasteiger partial charge in [-0.1, -0.05) is 78.9 Å². The van der Waals surface area contributed by atoms with Crippen molar-refractivity contribution in [2.24, 2.45) is 0 Å². The Morgan fingerprint density at radius 3 is 2.19 bits per heavy atom. The zero-order valence-corrected chi connectivity index (χ0v) is 23.8. The minimum Gasteiger partial charge on any atom is -0.325 e. The lowest BCUT2D eigenvalue weighted by molar-refractivity contribution is -0.114. The number of rotatable bonds is 9. The Bertz CT molecular complexity index is 1760. The highest BCUT2D eigenvalue weighted by Gasteiger charge is 2.16. The van der Waals surface area contributed by atoms with Gasteiger partial charge in [-0.05, 0) is 72.0 Å². The third-order valence-electron chi connectivity index (χ3n) is 6.56. The van der Waals surface area contributed by atoms with E-state index in [0.717, 1.165) is 32.5 Å². The standard InChI is InChI=1S/C35H29N3O3S/c1-24-10-5-6-14-27(24)22-32(38-34(40)26-12-3-2-4-13-26)35(41)36-28-18-20-29(21-19-28)42-23-33(39)37-31-17-9-15-25-11-7-8-16-30(25)31/h2-22H,23H2,1H3,(H,36,41)(H,37,39)(H,38,40)/b32-22-. The molecule has 3 amide bonds. The number of hydrogen-bond acceptors (Lipinski definition) is 4. The molecule has 0 aliphatic heterocycles. The van der Waals surface area contributed by atoms with Crippen LogP contribution in [0.2, 0.25) is 0 Å². The molecule has 3 N–H and O–H groups in total. The third-order valence-corrected chi connectivity index (χ3v) is 7.57. The molecule has 6 nitrogen and oxygen atoms in total. The molecule has 0 unspecified atom stereocenters. The van der Waals surface area contributed by atoms with E-state index in [4.69, 9.17) is 0 Å². The van der Waals surface area contributed by atoms with Crippen molar-refractivity contribution in [3.8, 4) is 0 Å². The molecule has 0 spiro atoms. The first-order chi connectivity index (χ1) is 20.5. The van der Waals surface area contributed by atoms with Crippen molar-refractivity contribution in [1.29, 1.82) is 0 Å². The van der Waals surface area contributed by atoms with Gasteiger partial charge in [0, 0.05) is 27.2 Å². The Morgan fingerprint density at radius 2 is 1.40 bits per heavy atom. The highest BCUT2D eigenvalue weighted by atomic mass is 32.2. The molecule has 0 bridgehead atoms. The van der Waals surface area contributed by atoms with Crippen LogP contribution in [0.3, 0.4) is 0 Å². The lowest BCUT2D eigenvalue weighted by Gasteiger charge is -2.12. The SMILES string of the molecule is Cc1ccccc1/C=C(\NC(=O)c1ccccc1)C(=O)Nc1ccc(SCC(=O)Nc2cccc3ccccc23)cc1. The normalized spacial score (nSPS) is 11.1. The van der Waals surface area contributed by atoms with E-state index < -0.39 is 5.91 Å². The first kappa shape index (κ1) is 28.4. The molecule has 0 saturated carbocycles. The number of fused-ring (bicyclic) bond motifs is 1. The van der Waals surface area contributed by atoms with E-state index in [1.165, 1.54) is 11.8 Å². The van der Waals surface area contributed by atoms with Gasteiger partial charge in [-0.15, -0.1) is 11.8 Å². The van der Waals surface area contributed by atoms with Crippen LogP contribution in [0.1, 0.15) is 21.5 Å². The van der Waals surface area contributed by atoms with Crippen molar-refractivity contribution < 1.29 is 14.4 Å².